The van der Waals surface area contributed by atoms with Gasteiger partial charge in [0.25, 0.3) is 0 Å². The maximum Gasteiger partial charge on any atom is 0.454 e. The predicted octanol–water partition coefficient (Wildman–Crippen LogP) is 4.54. The molecule has 4 nitrogen and oxygen atoms in total. The lowest BCUT2D eigenvalue weighted by molar-refractivity contribution is 0.111. The molecule has 0 heterocycles. The maximum atomic E-state index is 13.2. The normalized spacial score (nSPS) is 14.8. The molecule has 4 rings (SSSR count). The van der Waals surface area contributed by atoms with E-state index in [2.05, 4.69) is 15.9 Å². The molecule has 148 valence electrons. The van der Waals surface area contributed by atoms with Crippen LogP contribution < -0.4 is 0 Å². The third-order valence-electron chi connectivity index (χ3n) is 4.35. The molecule has 2 aliphatic rings. The molecule has 2 saturated carbocycles. The van der Waals surface area contributed by atoms with E-state index in [0.717, 1.165) is 32.0 Å². The van der Waals surface area contributed by atoms with Crippen LogP contribution in [0.5, 0.6) is 0 Å². The van der Waals surface area contributed by atoms with E-state index in [0.29, 0.717) is 28.9 Å². The fourth-order valence-corrected chi connectivity index (χ4v) is 2.82. The van der Waals surface area contributed by atoms with Gasteiger partial charge in [-0.05, 0) is 52.6 Å². The zero-order valence-corrected chi connectivity index (χ0v) is 16.6. The average Bonchev–Trinajstić information content (AvgIpc) is 3.57. The van der Waals surface area contributed by atoms with Gasteiger partial charge in [0.2, 0.25) is 0 Å². The monoisotopic (exact) mass is 452 g/mol. The van der Waals surface area contributed by atoms with Crippen molar-refractivity contribution in [2.45, 2.75) is 37.4 Å². The lowest BCUT2D eigenvalue weighted by Gasteiger charge is -2.02. The first kappa shape index (κ1) is 22.4. The van der Waals surface area contributed by atoms with Crippen LogP contribution in [0, 0.1) is 11.6 Å². The molecule has 0 saturated heterocycles. The van der Waals surface area contributed by atoms with Gasteiger partial charge in [-0.2, -0.15) is 0 Å². The summed E-state index contributed by atoms with van der Waals surface area (Å²) in [5, 5.41) is 16.5. The van der Waals surface area contributed by atoms with E-state index in [1.54, 1.807) is 18.2 Å². The van der Waals surface area contributed by atoms with E-state index < -0.39 is 12.9 Å². The summed E-state index contributed by atoms with van der Waals surface area (Å²) in [4.78, 5) is 20.7. The van der Waals surface area contributed by atoms with Crippen molar-refractivity contribution < 1.29 is 28.4 Å². The first-order chi connectivity index (χ1) is 13.4. The zero-order valence-electron chi connectivity index (χ0n) is 15.0. The van der Waals surface area contributed by atoms with E-state index in [4.69, 9.17) is 10.0 Å². The molecule has 0 atom stereocenters. The molecule has 28 heavy (non-hydrogen) atoms. The van der Waals surface area contributed by atoms with Crippen LogP contribution in [0.15, 0.2) is 40.9 Å². The minimum Gasteiger partial charge on any atom is -0.427 e. The van der Waals surface area contributed by atoms with Crippen molar-refractivity contribution in [3.05, 3.63) is 69.2 Å². The minimum absolute atomic E-state index is 0.213. The van der Waals surface area contributed by atoms with Crippen molar-refractivity contribution in [2.24, 2.45) is 0 Å². The molecule has 2 aromatic rings. The fraction of sp³-hybridized carbons (Fsp3) is 0.300. The summed E-state index contributed by atoms with van der Waals surface area (Å²) in [6.07, 6.45) is 5.36. The zero-order chi connectivity index (χ0) is 20.7. The number of carbonyl (C=O) groups excluding carboxylic acids is 2. The fourth-order valence-electron chi connectivity index (χ4n) is 2.47. The van der Waals surface area contributed by atoms with E-state index in [-0.39, 0.29) is 16.1 Å². The summed E-state index contributed by atoms with van der Waals surface area (Å²) in [5.41, 5.74) is 1.46. The molecular formula is C20H20BBrF2O4. The van der Waals surface area contributed by atoms with Crippen molar-refractivity contribution >= 4 is 35.6 Å². The molecular weight excluding hydrogens is 433 g/mol. The van der Waals surface area contributed by atoms with Gasteiger partial charge in [-0.15, -0.1) is 0 Å². The molecule has 0 bridgehead atoms. The summed E-state index contributed by atoms with van der Waals surface area (Å²) in [5.74, 6) is -0.136. The second-order valence-electron chi connectivity index (χ2n) is 6.65. The molecule has 0 aromatic heterocycles. The molecule has 0 amide bonds. The number of carbonyl (C=O) groups is 2. The van der Waals surface area contributed by atoms with Crippen LogP contribution in [-0.2, 0) is 0 Å². The smallest absolute Gasteiger partial charge is 0.427 e. The second kappa shape index (κ2) is 10.6. The highest BCUT2D eigenvalue weighted by Crippen LogP contribution is 2.42. The highest BCUT2D eigenvalue weighted by Gasteiger charge is 2.33. The number of hydrogen-bond donors (Lipinski definition) is 2. The summed E-state index contributed by atoms with van der Waals surface area (Å²) in [6, 6.07) is 8.98. The number of rotatable bonds is 4. The van der Waals surface area contributed by atoms with Crippen molar-refractivity contribution in [3.8, 4) is 0 Å². The predicted molar refractivity (Wildman–Crippen MR) is 106 cm³/mol. The highest BCUT2D eigenvalue weighted by molar-refractivity contribution is 9.10. The Hall–Kier alpha value is -1.90. The number of benzene rings is 2. The molecule has 2 aromatic carbocycles. The van der Waals surface area contributed by atoms with Gasteiger partial charge in [-0.3, -0.25) is 9.59 Å². The third kappa shape index (κ3) is 6.62. The Morgan fingerprint density at radius 2 is 1.43 bits per heavy atom. The highest BCUT2D eigenvalue weighted by atomic mass is 79.9. The average molecular weight is 453 g/mol. The second-order valence-corrected chi connectivity index (χ2v) is 7.44. The Morgan fingerprint density at radius 3 is 1.82 bits per heavy atom. The number of halogens is 3. The van der Waals surface area contributed by atoms with Gasteiger partial charge in [-0.1, -0.05) is 37.1 Å². The largest absolute Gasteiger partial charge is 0.454 e. The van der Waals surface area contributed by atoms with Gasteiger partial charge in [0.05, 0.1) is 4.47 Å². The van der Waals surface area contributed by atoms with Crippen molar-refractivity contribution in [3.63, 3.8) is 0 Å². The van der Waals surface area contributed by atoms with Crippen LogP contribution >= 0.6 is 15.9 Å². The molecule has 8 heteroatoms. The summed E-state index contributed by atoms with van der Waals surface area (Å²) >= 11 is 2.93. The molecule has 0 spiro atoms. The van der Waals surface area contributed by atoms with Crippen LogP contribution in [0.3, 0.4) is 0 Å². The summed E-state index contributed by atoms with van der Waals surface area (Å²) < 4.78 is 26.0. The standard InChI is InChI=1S/C10H9FO.C7H4BrFO.C3H7BO2/c11-9-3-1-2-8(6-12)10(9)7-4-5-7;8-7-5(4-10)2-1-3-6(7)9;5-4(6)3-1-2-3/h1-3,6-7H,4-5H2;1-4H;3,5-6H,1-2H2. The summed E-state index contributed by atoms with van der Waals surface area (Å²) in [6.45, 7) is 0. The SMILES string of the molecule is O=Cc1cccc(F)c1Br.O=Cc1cccc(F)c1C1CC1.OB(O)C1CC1. The van der Waals surface area contributed by atoms with Gasteiger partial charge in [0, 0.05) is 16.7 Å². The van der Waals surface area contributed by atoms with Gasteiger partial charge < -0.3 is 10.0 Å². The molecule has 2 fully saturated rings. The Labute approximate surface area is 170 Å². The van der Waals surface area contributed by atoms with Crippen molar-refractivity contribution in [1.29, 1.82) is 0 Å². The first-order valence-corrected chi connectivity index (χ1v) is 9.67. The summed E-state index contributed by atoms with van der Waals surface area (Å²) in [7, 11) is -1.04. The van der Waals surface area contributed by atoms with Crippen LogP contribution in [-0.4, -0.2) is 29.7 Å². The third-order valence-corrected chi connectivity index (χ3v) is 5.19. The van der Waals surface area contributed by atoms with Crippen molar-refractivity contribution in [1.82, 2.24) is 0 Å². The Bertz CT molecular complexity index is 824. The van der Waals surface area contributed by atoms with E-state index in [1.165, 1.54) is 18.2 Å². The van der Waals surface area contributed by atoms with E-state index in [9.17, 15) is 18.4 Å². The van der Waals surface area contributed by atoms with Gasteiger partial charge in [0.15, 0.2) is 6.29 Å². The maximum absolute atomic E-state index is 13.2. The van der Waals surface area contributed by atoms with Gasteiger partial charge in [-0.25, -0.2) is 8.78 Å². The molecule has 0 aliphatic heterocycles. The first-order valence-electron chi connectivity index (χ1n) is 8.88. The van der Waals surface area contributed by atoms with Gasteiger partial charge in [0.1, 0.15) is 17.9 Å². The van der Waals surface area contributed by atoms with Crippen molar-refractivity contribution in [2.75, 3.05) is 0 Å². The number of hydrogen-bond acceptors (Lipinski definition) is 4. The Morgan fingerprint density at radius 1 is 0.893 bits per heavy atom. The van der Waals surface area contributed by atoms with Gasteiger partial charge >= 0.3 is 7.12 Å². The molecule has 2 N–H and O–H groups in total. The quantitative estimate of drug-likeness (QED) is 0.527. The topological polar surface area (TPSA) is 74.6 Å². The van der Waals surface area contributed by atoms with E-state index >= 15 is 0 Å². The van der Waals surface area contributed by atoms with Crippen LogP contribution in [0.4, 0.5) is 8.78 Å². The van der Waals surface area contributed by atoms with Crippen LogP contribution in [0.2, 0.25) is 5.82 Å². The lowest BCUT2D eigenvalue weighted by Crippen LogP contribution is -2.09. The number of aldehydes is 2. The molecule has 0 radical (unpaired) electrons. The molecule has 0 unspecified atom stereocenters. The Balaban J connectivity index is 0.000000159. The van der Waals surface area contributed by atoms with E-state index in [1.807, 2.05) is 0 Å². The Kier molecular flexibility index (Phi) is 8.47. The lowest BCUT2D eigenvalue weighted by atomic mass is 9.84. The van der Waals surface area contributed by atoms with Crippen LogP contribution in [0.25, 0.3) is 0 Å². The van der Waals surface area contributed by atoms with Crippen LogP contribution in [0.1, 0.15) is 57.9 Å². The minimum atomic E-state index is -1.04. The molecule has 2 aliphatic carbocycles.